The average Bonchev–Trinajstić information content (AvgIpc) is 2.35. The second kappa shape index (κ2) is 4.87. The van der Waals surface area contributed by atoms with E-state index < -0.39 is 0 Å². The molecule has 0 radical (unpaired) electrons. The summed E-state index contributed by atoms with van der Waals surface area (Å²) in [5.41, 5.74) is 9.47. The molecule has 0 unspecified atom stereocenters. The third kappa shape index (κ3) is 2.32. The average molecular weight is 241 g/mol. The van der Waals surface area contributed by atoms with Gasteiger partial charge in [-0.05, 0) is 37.1 Å². The van der Waals surface area contributed by atoms with Crippen LogP contribution in [0.5, 0.6) is 0 Å². The van der Waals surface area contributed by atoms with Crippen LogP contribution in [0.4, 0.5) is 11.4 Å². The molecule has 0 aliphatic heterocycles. The van der Waals surface area contributed by atoms with Gasteiger partial charge in [-0.2, -0.15) is 0 Å². The highest BCUT2D eigenvalue weighted by Crippen LogP contribution is 2.19. The lowest BCUT2D eigenvalue weighted by Crippen LogP contribution is -2.15. The third-order valence-electron chi connectivity index (χ3n) is 2.84. The molecule has 4 heteroatoms. The molecular weight excluding hydrogens is 226 g/mol. The second-order valence-corrected chi connectivity index (χ2v) is 4.18. The van der Waals surface area contributed by atoms with Crippen molar-refractivity contribution < 1.29 is 4.79 Å². The molecule has 2 rings (SSSR count). The van der Waals surface area contributed by atoms with Crippen LogP contribution >= 0.6 is 0 Å². The van der Waals surface area contributed by atoms with Crippen LogP contribution in [0.25, 0.3) is 0 Å². The maximum atomic E-state index is 12.1. The highest BCUT2D eigenvalue weighted by atomic mass is 16.1. The molecular formula is C14H15N3O. The van der Waals surface area contributed by atoms with E-state index in [2.05, 4.69) is 10.3 Å². The molecule has 0 saturated carbocycles. The van der Waals surface area contributed by atoms with Gasteiger partial charge in [-0.25, -0.2) is 0 Å². The van der Waals surface area contributed by atoms with E-state index in [1.807, 2.05) is 26.0 Å². The first-order valence-electron chi connectivity index (χ1n) is 5.66. The number of nitrogens with zero attached hydrogens (tertiary/aromatic N) is 1. The van der Waals surface area contributed by atoms with Crippen LogP contribution in [0, 0.1) is 13.8 Å². The summed E-state index contributed by atoms with van der Waals surface area (Å²) in [6.45, 7) is 3.77. The Morgan fingerprint density at radius 2 is 2.00 bits per heavy atom. The van der Waals surface area contributed by atoms with Gasteiger partial charge in [0.15, 0.2) is 0 Å². The molecule has 0 spiro atoms. The summed E-state index contributed by atoms with van der Waals surface area (Å²) in [6, 6.07) is 7.18. The van der Waals surface area contributed by atoms with Gasteiger partial charge in [-0.1, -0.05) is 12.1 Å². The number of pyridine rings is 1. The summed E-state index contributed by atoms with van der Waals surface area (Å²) in [4.78, 5) is 16.1. The third-order valence-corrected chi connectivity index (χ3v) is 2.84. The number of carbonyl (C=O) groups is 1. The predicted molar refractivity (Wildman–Crippen MR) is 72.5 cm³/mol. The van der Waals surface area contributed by atoms with Crippen molar-refractivity contribution in [1.82, 2.24) is 4.98 Å². The van der Waals surface area contributed by atoms with Gasteiger partial charge in [-0.3, -0.25) is 9.78 Å². The molecule has 1 heterocycles. The zero-order valence-corrected chi connectivity index (χ0v) is 10.4. The maximum Gasteiger partial charge on any atom is 0.257 e. The second-order valence-electron chi connectivity index (χ2n) is 4.18. The van der Waals surface area contributed by atoms with E-state index in [0.717, 1.165) is 16.8 Å². The van der Waals surface area contributed by atoms with Crippen LogP contribution in [0.3, 0.4) is 0 Å². The number of carbonyl (C=O) groups excluding carboxylic acids is 1. The molecule has 0 atom stereocenters. The Morgan fingerprint density at radius 3 is 2.72 bits per heavy atom. The Labute approximate surface area is 106 Å². The van der Waals surface area contributed by atoms with Crippen molar-refractivity contribution in [2.24, 2.45) is 0 Å². The number of nitrogen functional groups attached to an aromatic ring is 1. The molecule has 2 aromatic rings. The van der Waals surface area contributed by atoms with Gasteiger partial charge in [-0.15, -0.1) is 0 Å². The van der Waals surface area contributed by atoms with Crippen molar-refractivity contribution in [3.63, 3.8) is 0 Å². The van der Waals surface area contributed by atoms with Gasteiger partial charge in [0.1, 0.15) is 0 Å². The van der Waals surface area contributed by atoms with Gasteiger partial charge in [0, 0.05) is 23.8 Å². The van der Waals surface area contributed by atoms with Gasteiger partial charge < -0.3 is 11.1 Å². The lowest BCUT2D eigenvalue weighted by atomic mass is 10.1. The van der Waals surface area contributed by atoms with E-state index in [-0.39, 0.29) is 5.91 Å². The molecule has 1 amide bonds. The maximum absolute atomic E-state index is 12.1. The Hall–Kier alpha value is -2.36. The van der Waals surface area contributed by atoms with Crippen molar-refractivity contribution in [2.75, 3.05) is 11.1 Å². The van der Waals surface area contributed by atoms with E-state index >= 15 is 0 Å². The first-order valence-corrected chi connectivity index (χ1v) is 5.66. The Balaban J connectivity index is 2.28. The van der Waals surface area contributed by atoms with Crippen molar-refractivity contribution in [3.05, 3.63) is 53.3 Å². The van der Waals surface area contributed by atoms with Crippen molar-refractivity contribution in [3.8, 4) is 0 Å². The molecule has 1 aromatic carbocycles. The number of nitrogens with two attached hydrogens (primary N) is 1. The highest BCUT2D eigenvalue weighted by Gasteiger charge is 2.11. The topological polar surface area (TPSA) is 68.0 Å². The quantitative estimate of drug-likeness (QED) is 0.794. The number of aryl methyl sites for hydroxylation is 2. The monoisotopic (exact) mass is 241 g/mol. The number of hydrogen-bond acceptors (Lipinski definition) is 3. The largest absolute Gasteiger partial charge is 0.398 e. The van der Waals surface area contributed by atoms with Crippen molar-refractivity contribution in [2.45, 2.75) is 13.8 Å². The molecule has 0 aliphatic carbocycles. The van der Waals surface area contributed by atoms with E-state index in [1.165, 1.54) is 0 Å². The van der Waals surface area contributed by atoms with Gasteiger partial charge in [0.05, 0.1) is 5.56 Å². The standard InChI is InChI=1S/C14H15N3O/c1-9-4-3-5-11(13(9)15)14(18)17-12-6-7-16-8-10(12)2/h3-8H,15H2,1-2H3,(H,16,17,18). The summed E-state index contributed by atoms with van der Waals surface area (Å²) in [7, 11) is 0. The minimum Gasteiger partial charge on any atom is -0.398 e. The Bertz CT molecular complexity index is 593. The number of anilines is 2. The summed E-state index contributed by atoms with van der Waals surface area (Å²) < 4.78 is 0. The number of rotatable bonds is 2. The Kier molecular flexibility index (Phi) is 3.28. The van der Waals surface area contributed by atoms with E-state index in [0.29, 0.717) is 11.3 Å². The van der Waals surface area contributed by atoms with E-state index in [4.69, 9.17) is 5.73 Å². The number of benzene rings is 1. The van der Waals surface area contributed by atoms with E-state index in [9.17, 15) is 4.79 Å². The van der Waals surface area contributed by atoms with Crippen LogP contribution in [-0.4, -0.2) is 10.9 Å². The molecule has 18 heavy (non-hydrogen) atoms. The van der Waals surface area contributed by atoms with Crippen molar-refractivity contribution in [1.29, 1.82) is 0 Å². The van der Waals surface area contributed by atoms with Gasteiger partial charge in [0.25, 0.3) is 5.91 Å². The molecule has 1 aromatic heterocycles. The predicted octanol–water partition coefficient (Wildman–Crippen LogP) is 2.53. The van der Waals surface area contributed by atoms with Crippen LogP contribution in [0.1, 0.15) is 21.5 Å². The summed E-state index contributed by atoms with van der Waals surface area (Å²) in [5, 5.41) is 2.84. The van der Waals surface area contributed by atoms with Crippen LogP contribution < -0.4 is 11.1 Å². The van der Waals surface area contributed by atoms with E-state index in [1.54, 1.807) is 24.5 Å². The molecule has 3 N–H and O–H groups in total. The normalized spacial score (nSPS) is 10.1. The fraction of sp³-hybridized carbons (Fsp3) is 0.143. The minimum atomic E-state index is -0.203. The molecule has 4 nitrogen and oxygen atoms in total. The lowest BCUT2D eigenvalue weighted by molar-refractivity contribution is 0.102. The van der Waals surface area contributed by atoms with Crippen LogP contribution in [0.15, 0.2) is 36.7 Å². The Morgan fingerprint density at radius 1 is 1.22 bits per heavy atom. The zero-order valence-electron chi connectivity index (χ0n) is 10.4. The number of para-hydroxylation sites is 1. The van der Waals surface area contributed by atoms with Crippen LogP contribution in [0.2, 0.25) is 0 Å². The number of aromatic nitrogens is 1. The minimum absolute atomic E-state index is 0.203. The molecule has 92 valence electrons. The summed E-state index contributed by atoms with van der Waals surface area (Å²) >= 11 is 0. The van der Waals surface area contributed by atoms with Gasteiger partial charge >= 0.3 is 0 Å². The first kappa shape index (κ1) is 12.1. The fourth-order valence-electron chi connectivity index (χ4n) is 1.68. The summed E-state index contributed by atoms with van der Waals surface area (Å²) in [6.07, 6.45) is 3.34. The van der Waals surface area contributed by atoms with Gasteiger partial charge in [0.2, 0.25) is 0 Å². The molecule has 0 saturated heterocycles. The van der Waals surface area contributed by atoms with Crippen LogP contribution in [-0.2, 0) is 0 Å². The zero-order chi connectivity index (χ0) is 13.1. The number of nitrogens with one attached hydrogen (secondary N) is 1. The number of hydrogen-bond donors (Lipinski definition) is 2. The first-order chi connectivity index (χ1) is 8.59. The molecule has 0 fully saturated rings. The smallest absolute Gasteiger partial charge is 0.257 e. The fourth-order valence-corrected chi connectivity index (χ4v) is 1.68. The van der Waals surface area contributed by atoms with Crippen molar-refractivity contribution >= 4 is 17.3 Å². The highest BCUT2D eigenvalue weighted by molar-refractivity contribution is 6.08. The lowest BCUT2D eigenvalue weighted by Gasteiger charge is -2.10. The summed E-state index contributed by atoms with van der Waals surface area (Å²) in [5.74, 6) is -0.203. The SMILES string of the molecule is Cc1cnccc1NC(=O)c1cccc(C)c1N. The number of amides is 1. The molecule has 0 aliphatic rings. The molecule has 0 bridgehead atoms.